The summed E-state index contributed by atoms with van der Waals surface area (Å²) < 4.78 is 0. The fourth-order valence-electron chi connectivity index (χ4n) is 1.71. The number of benzene rings is 2. The highest BCUT2D eigenvalue weighted by atomic mass is 35.5. The molecule has 0 unspecified atom stereocenters. The Balaban J connectivity index is 2.21. The van der Waals surface area contributed by atoms with E-state index in [2.05, 4.69) is 15.6 Å². The normalized spacial score (nSPS) is 11.6. The number of carbonyl (C=O) groups excluding carboxylic acids is 1. The molecule has 0 radical (unpaired) electrons. The summed E-state index contributed by atoms with van der Waals surface area (Å²) >= 11 is 5.81. The van der Waals surface area contributed by atoms with Crippen LogP contribution in [0, 0.1) is 6.92 Å². The Morgan fingerprint density at radius 1 is 1.14 bits per heavy atom. The summed E-state index contributed by atoms with van der Waals surface area (Å²) in [5, 5.41) is 8.01. The predicted octanol–water partition coefficient (Wildman–Crippen LogP) is 3.24. The minimum atomic E-state index is -0.300. The zero-order valence-electron chi connectivity index (χ0n) is 12.0. The van der Waals surface area contributed by atoms with Crippen LogP contribution in [0.3, 0.4) is 0 Å². The smallest absolute Gasteiger partial charge is 0.214 e. The maximum absolute atomic E-state index is 12.4. The van der Waals surface area contributed by atoms with Crippen LogP contribution in [0.25, 0.3) is 0 Å². The van der Waals surface area contributed by atoms with Crippen molar-refractivity contribution in [3.05, 3.63) is 64.7 Å². The van der Waals surface area contributed by atoms with Gasteiger partial charge in [0.15, 0.2) is 5.71 Å². The van der Waals surface area contributed by atoms with Gasteiger partial charge >= 0.3 is 0 Å². The van der Waals surface area contributed by atoms with Crippen LogP contribution in [0.15, 0.2) is 58.7 Å². The highest BCUT2D eigenvalue weighted by Gasteiger charge is 2.12. The number of hydrogen-bond acceptors (Lipinski definition) is 5. The van der Waals surface area contributed by atoms with E-state index in [1.165, 1.54) is 6.21 Å². The van der Waals surface area contributed by atoms with E-state index < -0.39 is 0 Å². The van der Waals surface area contributed by atoms with E-state index in [-0.39, 0.29) is 11.5 Å². The van der Waals surface area contributed by atoms with Crippen LogP contribution in [-0.2, 0) is 0 Å². The van der Waals surface area contributed by atoms with Crippen LogP contribution in [0.4, 0.5) is 5.69 Å². The predicted molar refractivity (Wildman–Crippen MR) is 90.7 cm³/mol. The van der Waals surface area contributed by atoms with Gasteiger partial charge in [0.2, 0.25) is 5.78 Å². The second-order valence-corrected chi connectivity index (χ2v) is 5.03. The maximum Gasteiger partial charge on any atom is 0.214 e. The van der Waals surface area contributed by atoms with E-state index in [1.807, 2.05) is 31.2 Å². The number of hydrazone groups is 2. The van der Waals surface area contributed by atoms with Gasteiger partial charge in [-0.15, -0.1) is 0 Å². The molecule has 0 aromatic heterocycles. The van der Waals surface area contributed by atoms with Gasteiger partial charge < -0.3 is 5.84 Å². The second-order valence-electron chi connectivity index (χ2n) is 4.59. The van der Waals surface area contributed by atoms with Crippen molar-refractivity contribution < 1.29 is 4.79 Å². The number of anilines is 1. The standard InChI is InChI=1S/C16H15ClN4O/c1-11-2-8-14(9-3-11)20-21-15(10-19-18)16(22)12-4-6-13(17)7-5-12/h2-10,20H,18H2,1H3. The molecule has 0 spiro atoms. The summed E-state index contributed by atoms with van der Waals surface area (Å²) in [7, 11) is 0. The molecule has 2 aromatic carbocycles. The van der Waals surface area contributed by atoms with E-state index in [0.29, 0.717) is 10.6 Å². The minimum Gasteiger partial charge on any atom is -0.323 e. The molecule has 2 aromatic rings. The molecule has 0 heterocycles. The third-order valence-electron chi connectivity index (χ3n) is 2.89. The van der Waals surface area contributed by atoms with Gasteiger partial charge in [0.25, 0.3) is 0 Å². The van der Waals surface area contributed by atoms with Crippen LogP contribution in [-0.4, -0.2) is 17.7 Å². The van der Waals surface area contributed by atoms with Crippen LogP contribution in [0.2, 0.25) is 5.02 Å². The zero-order chi connectivity index (χ0) is 15.9. The molecule has 0 saturated carbocycles. The van der Waals surface area contributed by atoms with E-state index in [1.54, 1.807) is 24.3 Å². The third kappa shape index (κ3) is 4.17. The molecule has 6 heteroatoms. The van der Waals surface area contributed by atoms with Crippen molar-refractivity contribution in [1.29, 1.82) is 0 Å². The number of nitrogens with two attached hydrogens (primary N) is 1. The molecule has 112 valence electrons. The fourth-order valence-corrected chi connectivity index (χ4v) is 1.84. The molecule has 0 aliphatic carbocycles. The monoisotopic (exact) mass is 314 g/mol. The molecule has 0 fully saturated rings. The molecule has 0 atom stereocenters. The summed E-state index contributed by atoms with van der Waals surface area (Å²) in [6.07, 6.45) is 1.21. The SMILES string of the molecule is Cc1ccc(NN=C(C=NN)C(=O)c2ccc(Cl)cc2)cc1. The molecular formula is C16H15ClN4O. The number of rotatable bonds is 5. The molecule has 0 saturated heterocycles. The number of nitrogens with one attached hydrogen (secondary N) is 1. The average molecular weight is 315 g/mol. The molecule has 3 N–H and O–H groups in total. The van der Waals surface area contributed by atoms with Crippen molar-refractivity contribution in [3.63, 3.8) is 0 Å². The number of carbonyl (C=O) groups is 1. The number of Topliss-reactive ketones (excluding diaryl/α,β-unsaturated/α-hetero) is 1. The van der Waals surface area contributed by atoms with Crippen molar-refractivity contribution >= 4 is 35.0 Å². The van der Waals surface area contributed by atoms with Crippen molar-refractivity contribution in [2.24, 2.45) is 16.0 Å². The Morgan fingerprint density at radius 2 is 1.77 bits per heavy atom. The Morgan fingerprint density at radius 3 is 2.36 bits per heavy atom. The lowest BCUT2D eigenvalue weighted by atomic mass is 10.1. The summed E-state index contributed by atoms with van der Waals surface area (Å²) in [5.41, 5.74) is 5.26. The lowest BCUT2D eigenvalue weighted by molar-refractivity contribution is 0.106. The Bertz CT molecular complexity index is 706. The van der Waals surface area contributed by atoms with Crippen molar-refractivity contribution in [1.82, 2.24) is 0 Å². The molecule has 2 rings (SSSR count). The van der Waals surface area contributed by atoms with Gasteiger partial charge in [-0.2, -0.15) is 10.2 Å². The first-order valence-corrected chi connectivity index (χ1v) is 6.92. The zero-order valence-corrected chi connectivity index (χ0v) is 12.7. The number of nitrogens with zero attached hydrogens (tertiary/aromatic N) is 2. The lowest BCUT2D eigenvalue weighted by Gasteiger charge is -2.04. The first-order valence-electron chi connectivity index (χ1n) is 6.54. The maximum atomic E-state index is 12.4. The summed E-state index contributed by atoms with van der Waals surface area (Å²) in [6.45, 7) is 1.99. The molecular weight excluding hydrogens is 300 g/mol. The highest BCUT2D eigenvalue weighted by Crippen LogP contribution is 2.11. The lowest BCUT2D eigenvalue weighted by Crippen LogP contribution is -2.18. The van der Waals surface area contributed by atoms with Gasteiger partial charge in [0, 0.05) is 10.6 Å². The average Bonchev–Trinajstić information content (AvgIpc) is 2.53. The van der Waals surface area contributed by atoms with Crippen molar-refractivity contribution in [2.75, 3.05) is 5.43 Å². The third-order valence-corrected chi connectivity index (χ3v) is 3.14. The number of ketones is 1. The van der Waals surface area contributed by atoms with Crippen LogP contribution in [0.1, 0.15) is 15.9 Å². The molecule has 0 aliphatic heterocycles. The number of halogens is 1. The largest absolute Gasteiger partial charge is 0.323 e. The summed E-state index contributed by atoms with van der Waals surface area (Å²) in [5.74, 6) is 4.85. The van der Waals surface area contributed by atoms with Crippen LogP contribution < -0.4 is 11.3 Å². The van der Waals surface area contributed by atoms with E-state index in [4.69, 9.17) is 17.4 Å². The van der Waals surface area contributed by atoms with Crippen molar-refractivity contribution in [3.8, 4) is 0 Å². The molecule has 0 bridgehead atoms. The highest BCUT2D eigenvalue weighted by molar-refractivity contribution is 6.64. The molecule has 5 nitrogen and oxygen atoms in total. The minimum absolute atomic E-state index is 0.102. The Hall–Kier alpha value is -2.66. The summed E-state index contributed by atoms with van der Waals surface area (Å²) in [4.78, 5) is 12.4. The quantitative estimate of drug-likeness (QED) is 0.385. The topological polar surface area (TPSA) is 79.8 Å². The molecule has 22 heavy (non-hydrogen) atoms. The van der Waals surface area contributed by atoms with Gasteiger partial charge in [-0.3, -0.25) is 10.2 Å². The van der Waals surface area contributed by atoms with Crippen molar-refractivity contribution in [2.45, 2.75) is 6.92 Å². The van der Waals surface area contributed by atoms with E-state index >= 15 is 0 Å². The van der Waals surface area contributed by atoms with E-state index in [0.717, 1.165) is 11.3 Å². The first-order chi connectivity index (χ1) is 10.6. The van der Waals surface area contributed by atoms with Gasteiger partial charge in [0.05, 0.1) is 11.9 Å². The van der Waals surface area contributed by atoms with Gasteiger partial charge in [-0.1, -0.05) is 29.3 Å². The number of aryl methyl sites for hydroxylation is 1. The fraction of sp³-hybridized carbons (Fsp3) is 0.0625. The summed E-state index contributed by atoms with van der Waals surface area (Å²) in [6, 6.07) is 14.1. The van der Waals surface area contributed by atoms with Gasteiger partial charge in [-0.05, 0) is 43.3 Å². The van der Waals surface area contributed by atoms with Crippen LogP contribution >= 0.6 is 11.6 Å². The van der Waals surface area contributed by atoms with Gasteiger partial charge in [0.1, 0.15) is 0 Å². The number of hydrogen-bond donors (Lipinski definition) is 2. The molecule has 0 amide bonds. The van der Waals surface area contributed by atoms with E-state index in [9.17, 15) is 4.79 Å². The Kier molecular flexibility index (Phi) is 5.27. The Labute approximate surface area is 133 Å². The second kappa shape index (κ2) is 7.38. The molecule has 0 aliphatic rings. The first kappa shape index (κ1) is 15.7. The van der Waals surface area contributed by atoms with Crippen LogP contribution in [0.5, 0.6) is 0 Å². The van der Waals surface area contributed by atoms with Gasteiger partial charge in [-0.25, -0.2) is 0 Å².